The van der Waals surface area contributed by atoms with Crippen molar-refractivity contribution in [3.8, 4) is 0 Å². The summed E-state index contributed by atoms with van der Waals surface area (Å²) in [5, 5.41) is 0. The van der Waals surface area contributed by atoms with Gasteiger partial charge in [-0.25, -0.2) is 4.39 Å². The monoisotopic (exact) mass is 326 g/mol. The average Bonchev–Trinajstić information content (AvgIpc) is 3.05. The number of hydrogen-bond donors (Lipinski definition) is 0. The lowest BCUT2D eigenvalue weighted by Gasteiger charge is -2.17. The van der Waals surface area contributed by atoms with Gasteiger partial charge in [0.1, 0.15) is 5.82 Å². The Labute approximate surface area is 142 Å². The minimum atomic E-state index is -0.155. The number of carbonyl (C=O) groups is 1. The Morgan fingerprint density at radius 3 is 2.79 bits per heavy atom. The fraction of sp³-hybridized carbons (Fsp3) is 0.400. The molecule has 24 heavy (non-hydrogen) atoms. The van der Waals surface area contributed by atoms with Crippen molar-refractivity contribution in [3.63, 3.8) is 0 Å². The summed E-state index contributed by atoms with van der Waals surface area (Å²) < 4.78 is 13.3. The maximum Gasteiger partial charge on any atom is 0.222 e. The van der Waals surface area contributed by atoms with Gasteiger partial charge < -0.3 is 4.90 Å². The van der Waals surface area contributed by atoms with E-state index in [4.69, 9.17) is 0 Å². The number of amides is 1. The number of benzene rings is 1. The van der Waals surface area contributed by atoms with Crippen LogP contribution in [-0.4, -0.2) is 28.9 Å². The Kier molecular flexibility index (Phi) is 5.24. The minimum Gasteiger partial charge on any atom is -0.342 e. The first kappa shape index (κ1) is 16.6. The molecule has 3 rings (SSSR count). The first-order valence-corrected chi connectivity index (χ1v) is 8.53. The van der Waals surface area contributed by atoms with E-state index in [1.165, 1.54) is 6.07 Å². The van der Waals surface area contributed by atoms with Gasteiger partial charge in [0.2, 0.25) is 5.91 Å². The molecule has 1 saturated heterocycles. The summed E-state index contributed by atoms with van der Waals surface area (Å²) in [6.07, 6.45) is 6.77. The van der Waals surface area contributed by atoms with E-state index in [0.29, 0.717) is 17.9 Å². The van der Waals surface area contributed by atoms with Crippen LogP contribution in [0.4, 0.5) is 4.39 Å². The first-order valence-electron chi connectivity index (χ1n) is 8.53. The van der Waals surface area contributed by atoms with Gasteiger partial charge in [-0.15, -0.1) is 0 Å². The number of rotatable bonds is 5. The highest BCUT2D eigenvalue weighted by Crippen LogP contribution is 2.23. The summed E-state index contributed by atoms with van der Waals surface area (Å²) in [6, 6.07) is 9.23. The lowest BCUT2D eigenvalue weighted by Crippen LogP contribution is -2.29. The van der Waals surface area contributed by atoms with Crippen molar-refractivity contribution < 1.29 is 9.18 Å². The zero-order chi connectivity index (χ0) is 16.9. The Bertz CT molecular complexity index is 702. The molecule has 2 aromatic rings. The van der Waals surface area contributed by atoms with Crippen molar-refractivity contribution in [2.24, 2.45) is 5.92 Å². The van der Waals surface area contributed by atoms with Gasteiger partial charge >= 0.3 is 0 Å². The molecule has 1 aliphatic heterocycles. The van der Waals surface area contributed by atoms with Gasteiger partial charge in [0.05, 0.1) is 0 Å². The number of nitrogens with zero attached hydrogens (tertiary/aromatic N) is 2. The molecule has 126 valence electrons. The van der Waals surface area contributed by atoms with Crippen molar-refractivity contribution in [1.29, 1.82) is 0 Å². The average molecular weight is 326 g/mol. The number of aromatic nitrogens is 1. The number of hydrogen-bond acceptors (Lipinski definition) is 2. The number of halogens is 1. The molecule has 0 aliphatic carbocycles. The van der Waals surface area contributed by atoms with Crippen molar-refractivity contribution in [1.82, 2.24) is 9.88 Å². The first-order chi connectivity index (χ1) is 11.6. The molecule has 0 N–H and O–H groups in total. The molecule has 1 aromatic carbocycles. The van der Waals surface area contributed by atoms with E-state index >= 15 is 0 Å². The molecule has 0 radical (unpaired) electrons. The number of likely N-dealkylation sites (tertiary alicyclic amines) is 1. The Hall–Kier alpha value is -2.23. The molecule has 1 aliphatic rings. The normalized spacial score (nSPS) is 17.2. The third-order valence-corrected chi connectivity index (χ3v) is 4.76. The summed E-state index contributed by atoms with van der Waals surface area (Å²) in [7, 11) is 0. The highest BCUT2D eigenvalue weighted by molar-refractivity contribution is 5.76. The van der Waals surface area contributed by atoms with Gasteiger partial charge in [0.15, 0.2) is 0 Å². The van der Waals surface area contributed by atoms with Crippen LogP contribution in [-0.2, 0) is 17.6 Å². The Morgan fingerprint density at radius 1 is 1.25 bits per heavy atom. The van der Waals surface area contributed by atoms with Gasteiger partial charge in [-0.1, -0.05) is 12.1 Å². The highest BCUT2D eigenvalue weighted by atomic mass is 19.1. The van der Waals surface area contributed by atoms with Crippen LogP contribution >= 0.6 is 0 Å². The van der Waals surface area contributed by atoms with E-state index < -0.39 is 0 Å². The van der Waals surface area contributed by atoms with Gasteiger partial charge in [0, 0.05) is 31.9 Å². The van der Waals surface area contributed by atoms with Crippen LogP contribution in [0, 0.1) is 18.7 Å². The van der Waals surface area contributed by atoms with E-state index in [1.807, 2.05) is 29.2 Å². The largest absolute Gasteiger partial charge is 0.342 e. The number of carbonyl (C=O) groups excluding carboxylic acids is 1. The van der Waals surface area contributed by atoms with E-state index in [2.05, 4.69) is 4.98 Å². The van der Waals surface area contributed by atoms with E-state index in [1.54, 1.807) is 19.3 Å². The molecule has 0 saturated carbocycles. The molecule has 1 fully saturated rings. The van der Waals surface area contributed by atoms with E-state index in [-0.39, 0.29) is 11.7 Å². The topological polar surface area (TPSA) is 33.2 Å². The van der Waals surface area contributed by atoms with Crippen LogP contribution in [0.25, 0.3) is 0 Å². The maximum absolute atomic E-state index is 13.3. The molecule has 2 heterocycles. The molecule has 0 spiro atoms. The minimum absolute atomic E-state index is 0.155. The smallest absolute Gasteiger partial charge is 0.222 e. The predicted molar refractivity (Wildman–Crippen MR) is 92.1 cm³/mol. The van der Waals surface area contributed by atoms with Crippen molar-refractivity contribution in [2.45, 2.75) is 32.6 Å². The van der Waals surface area contributed by atoms with E-state index in [9.17, 15) is 9.18 Å². The number of pyridine rings is 1. The van der Waals surface area contributed by atoms with Crippen LogP contribution in [0.2, 0.25) is 0 Å². The van der Waals surface area contributed by atoms with Gasteiger partial charge in [0.25, 0.3) is 0 Å². The zero-order valence-electron chi connectivity index (χ0n) is 14.0. The Morgan fingerprint density at radius 2 is 2.04 bits per heavy atom. The molecule has 1 unspecified atom stereocenters. The van der Waals surface area contributed by atoms with Crippen LogP contribution in [0.1, 0.15) is 29.5 Å². The molecular formula is C20H23FN2O. The molecule has 0 bridgehead atoms. The lowest BCUT2D eigenvalue weighted by atomic mass is 9.97. The predicted octanol–water partition coefficient (Wildman–Crippen LogP) is 3.55. The standard InChI is InChI=1S/C20H23FN2O/c1-15-12-17(2-4-19(15)21)13-18-8-11-23(14-18)20(24)5-3-16-6-9-22-10-7-16/h2,4,6-7,9-10,12,18H,3,5,8,11,13-14H2,1H3. The molecular weight excluding hydrogens is 303 g/mol. The second-order valence-corrected chi connectivity index (χ2v) is 6.64. The second kappa shape index (κ2) is 7.56. The third kappa shape index (κ3) is 4.19. The highest BCUT2D eigenvalue weighted by Gasteiger charge is 2.26. The molecule has 1 atom stereocenters. The van der Waals surface area contributed by atoms with Gasteiger partial charge in [-0.3, -0.25) is 9.78 Å². The van der Waals surface area contributed by atoms with Gasteiger partial charge in [-0.2, -0.15) is 0 Å². The van der Waals surface area contributed by atoms with Crippen LogP contribution in [0.15, 0.2) is 42.7 Å². The second-order valence-electron chi connectivity index (χ2n) is 6.64. The summed E-state index contributed by atoms with van der Waals surface area (Å²) in [4.78, 5) is 18.3. The zero-order valence-corrected chi connectivity index (χ0v) is 14.0. The van der Waals surface area contributed by atoms with Crippen LogP contribution in [0.3, 0.4) is 0 Å². The fourth-order valence-electron chi connectivity index (χ4n) is 3.35. The fourth-order valence-corrected chi connectivity index (χ4v) is 3.35. The van der Waals surface area contributed by atoms with Crippen LogP contribution in [0.5, 0.6) is 0 Å². The summed E-state index contributed by atoms with van der Waals surface area (Å²) in [5.74, 6) is 0.544. The molecule has 1 amide bonds. The molecule has 1 aromatic heterocycles. The molecule has 3 nitrogen and oxygen atoms in total. The number of aryl methyl sites for hydroxylation is 2. The quantitative estimate of drug-likeness (QED) is 0.842. The summed E-state index contributed by atoms with van der Waals surface area (Å²) >= 11 is 0. The van der Waals surface area contributed by atoms with Crippen molar-refractivity contribution in [2.75, 3.05) is 13.1 Å². The molecule has 4 heteroatoms. The van der Waals surface area contributed by atoms with Crippen LogP contribution < -0.4 is 0 Å². The Balaban J connectivity index is 1.49. The summed E-state index contributed by atoms with van der Waals surface area (Å²) in [6.45, 7) is 3.44. The van der Waals surface area contributed by atoms with E-state index in [0.717, 1.165) is 43.5 Å². The SMILES string of the molecule is Cc1cc(CC2CCN(C(=O)CCc3ccncc3)C2)ccc1F. The lowest BCUT2D eigenvalue weighted by molar-refractivity contribution is -0.130. The summed E-state index contributed by atoms with van der Waals surface area (Å²) in [5.41, 5.74) is 3.00. The van der Waals surface area contributed by atoms with Crippen molar-refractivity contribution >= 4 is 5.91 Å². The van der Waals surface area contributed by atoms with Crippen molar-refractivity contribution in [3.05, 3.63) is 65.2 Å². The maximum atomic E-state index is 13.3. The van der Waals surface area contributed by atoms with Gasteiger partial charge in [-0.05, 0) is 67.0 Å². The third-order valence-electron chi connectivity index (χ3n) is 4.76.